The van der Waals surface area contributed by atoms with E-state index in [0.29, 0.717) is 17.1 Å². The molecule has 4 nitrogen and oxygen atoms in total. The Balaban J connectivity index is 2.07. The third-order valence-corrected chi connectivity index (χ3v) is 3.65. The molecule has 2 aliphatic rings. The SMILES string of the molecule is CC1=C(c2ccc(O)c(O)c2)OC2=CC(O)=CC(C)C2=C1. The summed E-state index contributed by atoms with van der Waals surface area (Å²) in [6.07, 6.45) is 5.37. The van der Waals surface area contributed by atoms with Crippen LogP contribution in [0, 0.1) is 5.92 Å². The van der Waals surface area contributed by atoms with Crippen molar-refractivity contribution in [1.82, 2.24) is 0 Å². The summed E-state index contributed by atoms with van der Waals surface area (Å²) >= 11 is 0. The third-order valence-electron chi connectivity index (χ3n) is 3.65. The van der Waals surface area contributed by atoms with Gasteiger partial charge in [0.05, 0.1) is 0 Å². The van der Waals surface area contributed by atoms with E-state index in [2.05, 4.69) is 0 Å². The molecule has 1 heterocycles. The Kier molecular flexibility index (Phi) is 3.01. The van der Waals surface area contributed by atoms with Gasteiger partial charge in [-0.1, -0.05) is 6.92 Å². The lowest BCUT2D eigenvalue weighted by atomic mass is 9.90. The molecule has 0 saturated heterocycles. The van der Waals surface area contributed by atoms with E-state index in [4.69, 9.17) is 4.74 Å². The van der Waals surface area contributed by atoms with E-state index in [9.17, 15) is 15.3 Å². The molecule has 0 amide bonds. The highest BCUT2D eigenvalue weighted by atomic mass is 16.5. The molecule has 1 aliphatic carbocycles. The van der Waals surface area contributed by atoms with Crippen LogP contribution in [0.25, 0.3) is 5.76 Å². The summed E-state index contributed by atoms with van der Waals surface area (Å²) in [4.78, 5) is 0. The molecule has 0 aromatic heterocycles. The number of allylic oxidation sites excluding steroid dienone is 5. The standard InChI is InChI=1S/C17H16O4/c1-9-5-12(18)8-16-13(9)6-10(2)17(21-16)11-3-4-14(19)15(20)7-11/h3-9,18-20H,1-2H3. The second-order valence-corrected chi connectivity index (χ2v) is 5.31. The van der Waals surface area contributed by atoms with Crippen LogP contribution in [0.15, 0.2) is 59.1 Å². The fraction of sp³-hybridized carbons (Fsp3) is 0.176. The van der Waals surface area contributed by atoms with Crippen molar-refractivity contribution in [3.05, 3.63) is 64.7 Å². The molecule has 0 bridgehead atoms. The van der Waals surface area contributed by atoms with E-state index in [1.807, 2.05) is 19.9 Å². The molecule has 1 unspecified atom stereocenters. The van der Waals surface area contributed by atoms with Crippen molar-refractivity contribution in [3.8, 4) is 11.5 Å². The minimum absolute atomic E-state index is 0.0784. The van der Waals surface area contributed by atoms with E-state index < -0.39 is 0 Å². The second-order valence-electron chi connectivity index (χ2n) is 5.31. The van der Waals surface area contributed by atoms with Gasteiger partial charge < -0.3 is 20.1 Å². The number of benzene rings is 1. The molecule has 4 heteroatoms. The first-order chi connectivity index (χ1) is 9.95. The molecule has 1 aromatic carbocycles. The van der Waals surface area contributed by atoms with Crippen LogP contribution in [-0.2, 0) is 4.74 Å². The Morgan fingerprint density at radius 2 is 1.81 bits per heavy atom. The highest BCUT2D eigenvalue weighted by Crippen LogP contribution is 2.39. The fourth-order valence-corrected chi connectivity index (χ4v) is 2.57. The van der Waals surface area contributed by atoms with Gasteiger partial charge in [-0.25, -0.2) is 0 Å². The lowest BCUT2D eigenvalue weighted by Crippen LogP contribution is -2.13. The predicted molar refractivity (Wildman–Crippen MR) is 79.5 cm³/mol. The first-order valence-electron chi connectivity index (χ1n) is 6.71. The molecule has 1 aromatic rings. The predicted octanol–water partition coefficient (Wildman–Crippen LogP) is 3.76. The van der Waals surface area contributed by atoms with Gasteiger partial charge in [0.2, 0.25) is 0 Å². The average molecular weight is 284 g/mol. The van der Waals surface area contributed by atoms with Gasteiger partial charge in [-0.3, -0.25) is 0 Å². The van der Waals surface area contributed by atoms with Crippen LogP contribution in [0.4, 0.5) is 0 Å². The van der Waals surface area contributed by atoms with Gasteiger partial charge in [0.1, 0.15) is 17.3 Å². The average Bonchev–Trinajstić information content (AvgIpc) is 2.42. The van der Waals surface area contributed by atoms with Crippen molar-refractivity contribution in [1.29, 1.82) is 0 Å². The molecule has 0 fully saturated rings. The highest BCUT2D eigenvalue weighted by molar-refractivity contribution is 5.71. The van der Waals surface area contributed by atoms with Crippen molar-refractivity contribution in [2.45, 2.75) is 13.8 Å². The van der Waals surface area contributed by atoms with Crippen LogP contribution in [-0.4, -0.2) is 15.3 Å². The Bertz CT molecular complexity index is 735. The van der Waals surface area contributed by atoms with Gasteiger partial charge in [-0.05, 0) is 42.8 Å². The van der Waals surface area contributed by atoms with Crippen LogP contribution in [0.5, 0.6) is 11.5 Å². The highest BCUT2D eigenvalue weighted by Gasteiger charge is 2.25. The van der Waals surface area contributed by atoms with E-state index >= 15 is 0 Å². The number of ether oxygens (including phenoxy) is 1. The van der Waals surface area contributed by atoms with Gasteiger partial charge in [0, 0.05) is 23.1 Å². The number of aliphatic hydroxyl groups excluding tert-OH is 1. The summed E-state index contributed by atoms with van der Waals surface area (Å²) in [6.45, 7) is 3.91. The van der Waals surface area contributed by atoms with Crippen molar-refractivity contribution < 1.29 is 20.1 Å². The second kappa shape index (κ2) is 4.74. The lowest BCUT2D eigenvalue weighted by Gasteiger charge is -2.27. The zero-order valence-electron chi connectivity index (χ0n) is 11.8. The fourth-order valence-electron chi connectivity index (χ4n) is 2.57. The molecule has 21 heavy (non-hydrogen) atoms. The Morgan fingerprint density at radius 3 is 2.52 bits per heavy atom. The molecule has 1 atom stereocenters. The van der Waals surface area contributed by atoms with Gasteiger partial charge in [0.25, 0.3) is 0 Å². The quantitative estimate of drug-likeness (QED) is 0.687. The zero-order chi connectivity index (χ0) is 15.1. The van der Waals surface area contributed by atoms with Gasteiger partial charge in [-0.2, -0.15) is 0 Å². The largest absolute Gasteiger partial charge is 0.508 e. The summed E-state index contributed by atoms with van der Waals surface area (Å²) in [5, 5.41) is 28.7. The third kappa shape index (κ3) is 2.29. The Labute approximate surface area is 122 Å². The summed E-state index contributed by atoms with van der Waals surface area (Å²) in [5.41, 5.74) is 2.60. The molecule has 108 valence electrons. The number of rotatable bonds is 1. The van der Waals surface area contributed by atoms with E-state index in [1.54, 1.807) is 18.2 Å². The van der Waals surface area contributed by atoms with Crippen LogP contribution >= 0.6 is 0 Å². The first kappa shape index (κ1) is 13.4. The lowest BCUT2D eigenvalue weighted by molar-refractivity contribution is 0.356. The van der Waals surface area contributed by atoms with Crippen LogP contribution < -0.4 is 0 Å². The van der Waals surface area contributed by atoms with Gasteiger partial charge in [0.15, 0.2) is 11.5 Å². The zero-order valence-corrected chi connectivity index (χ0v) is 11.8. The molecule has 3 rings (SSSR count). The Hall–Kier alpha value is -2.62. The summed E-state index contributed by atoms with van der Waals surface area (Å²) in [5.74, 6) is 1.10. The van der Waals surface area contributed by atoms with Crippen molar-refractivity contribution in [2.24, 2.45) is 5.92 Å². The van der Waals surface area contributed by atoms with E-state index in [0.717, 1.165) is 11.1 Å². The number of hydrogen-bond acceptors (Lipinski definition) is 4. The number of aromatic hydroxyl groups is 2. The number of phenolic OH excluding ortho intramolecular Hbond substituents is 2. The van der Waals surface area contributed by atoms with E-state index in [-0.39, 0.29) is 23.2 Å². The van der Waals surface area contributed by atoms with Crippen molar-refractivity contribution >= 4 is 5.76 Å². The normalized spacial score (nSPS) is 21.0. The van der Waals surface area contributed by atoms with Crippen LogP contribution in [0.3, 0.4) is 0 Å². The molecule has 0 saturated carbocycles. The number of phenols is 2. The molecule has 0 spiro atoms. The minimum atomic E-state index is -0.195. The van der Waals surface area contributed by atoms with Gasteiger partial charge in [-0.15, -0.1) is 0 Å². The maximum absolute atomic E-state index is 9.71. The number of aliphatic hydroxyl groups is 1. The molecular weight excluding hydrogens is 268 g/mol. The molecular formula is C17H16O4. The van der Waals surface area contributed by atoms with Crippen molar-refractivity contribution in [2.75, 3.05) is 0 Å². The molecule has 1 aliphatic heterocycles. The summed E-state index contributed by atoms with van der Waals surface area (Å²) in [7, 11) is 0. The van der Waals surface area contributed by atoms with Crippen molar-refractivity contribution in [3.63, 3.8) is 0 Å². The van der Waals surface area contributed by atoms with Crippen LogP contribution in [0.1, 0.15) is 19.4 Å². The number of fused-ring (bicyclic) bond motifs is 1. The van der Waals surface area contributed by atoms with Gasteiger partial charge >= 0.3 is 0 Å². The molecule has 0 radical (unpaired) electrons. The van der Waals surface area contributed by atoms with E-state index in [1.165, 1.54) is 12.1 Å². The summed E-state index contributed by atoms with van der Waals surface area (Å²) in [6, 6.07) is 4.55. The minimum Gasteiger partial charge on any atom is -0.508 e. The van der Waals surface area contributed by atoms with Crippen LogP contribution in [0.2, 0.25) is 0 Å². The maximum Gasteiger partial charge on any atom is 0.158 e. The number of hydrogen-bond donors (Lipinski definition) is 3. The Morgan fingerprint density at radius 1 is 1.05 bits per heavy atom. The summed E-state index contributed by atoms with van der Waals surface area (Å²) < 4.78 is 5.90. The maximum atomic E-state index is 9.71. The first-order valence-corrected chi connectivity index (χ1v) is 6.71. The monoisotopic (exact) mass is 284 g/mol. The molecule has 3 N–H and O–H groups in total. The smallest absolute Gasteiger partial charge is 0.158 e. The topological polar surface area (TPSA) is 69.9 Å².